The highest BCUT2D eigenvalue weighted by atomic mass is 32.2. The molecule has 0 radical (unpaired) electrons. The summed E-state index contributed by atoms with van der Waals surface area (Å²) in [6.07, 6.45) is 0. The van der Waals surface area contributed by atoms with Gasteiger partial charge < -0.3 is 4.74 Å². The van der Waals surface area contributed by atoms with Crippen LogP contribution in [0.5, 0.6) is 0 Å². The van der Waals surface area contributed by atoms with Crippen LogP contribution in [0.3, 0.4) is 0 Å². The van der Waals surface area contributed by atoms with Crippen molar-refractivity contribution in [2.45, 2.75) is 17.9 Å². The van der Waals surface area contributed by atoms with Gasteiger partial charge in [-0.1, -0.05) is 48.5 Å². The molecule has 1 aliphatic heterocycles. The van der Waals surface area contributed by atoms with Crippen LogP contribution in [0.2, 0.25) is 0 Å². The molecule has 1 unspecified atom stereocenters. The molecule has 1 aliphatic rings. The Morgan fingerprint density at radius 1 is 1.18 bits per heavy atom. The standard InChI is InChI=1S/C18H17NO2S/c1-2-21-18(20)17-16(13-8-4-3-5-9-13)19-15-11-7-6-10-14(15)12-22-17/h3-11,17H,2,12H2,1H3. The number of rotatable bonds is 3. The lowest BCUT2D eigenvalue weighted by molar-refractivity contribution is -0.141. The number of esters is 1. The van der Waals surface area contributed by atoms with E-state index in [1.165, 1.54) is 0 Å². The Morgan fingerprint density at radius 2 is 1.91 bits per heavy atom. The maximum Gasteiger partial charge on any atom is 0.325 e. The van der Waals surface area contributed by atoms with Gasteiger partial charge >= 0.3 is 5.97 Å². The first-order valence-corrected chi connectivity index (χ1v) is 8.34. The Hall–Kier alpha value is -2.07. The molecule has 2 aromatic rings. The Kier molecular flexibility index (Phi) is 4.59. The zero-order valence-electron chi connectivity index (χ0n) is 12.4. The zero-order valence-corrected chi connectivity index (χ0v) is 13.2. The van der Waals surface area contributed by atoms with Crippen molar-refractivity contribution >= 4 is 29.1 Å². The van der Waals surface area contributed by atoms with Gasteiger partial charge in [-0.05, 0) is 24.1 Å². The molecule has 3 nitrogen and oxygen atoms in total. The van der Waals surface area contributed by atoms with Crippen LogP contribution in [-0.2, 0) is 15.3 Å². The molecule has 0 aliphatic carbocycles. The van der Waals surface area contributed by atoms with Gasteiger partial charge in [0.1, 0.15) is 5.25 Å². The SMILES string of the molecule is CCOC(=O)C1SCc2ccccc2N=C1c1ccccc1. The molecule has 112 valence electrons. The monoisotopic (exact) mass is 311 g/mol. The third-order valence-corrected chi connectivity index (χ3v) is 4.68. The van der Waals surface area contributed by atoms with Crippen molar-refractivity contribution in [2.24, 2.45) is 4.99 Å². The summed E-state index contributed by atoms with van der Waals surface area (Å²) in [6.45, 7) is 2.21. The molecule has 0 saturated carbocycles. The van der Waals surface area contributed by atoms with Crippen molar-refractivity contribution in [3.05, 3.63) is 65.7 Å². The number of benzene rings is 2. The molecule has 0 aromatic heterocycles. The second kappa shape index (κ2) is 6.79. The fourth-order valence-electron chi connectivity index (χ4n) is 2.40. The van der Waals surface area contributed by atoms with Crippen LogP contribution >= 0.6 is 11.8 Å². The number of carbonyl (C=O) groups is 1. The first-order chi connectivity index (χ1) is 10.8. The highest BCUT2D eigenvalue weighted by Gasteiger charge is 2.30. The van der Waals surface area contributed by atoms with E-state index < -0.39 is 5.25 Å². The number of nitrogens with zero attached hydrogens (tertiary/aromatic N) is 1. The van der Waals surface area contributed by atoms with E-state index in [0.29, 0.717) is 6.61 Å². The summed E-state index contributed by atoms with van der Waals surface area (Å²) in [5.74, 6) is 0.530. The minimum Gasteiger partial charge on any atom is -0.465 e. The van der Waals surface area contributed by atoms with E-state index in [2.05, 4.69) is 6.07 Å². The van der Waals surface area contributed by atoms with Crippen LogP contribution < -0.4 is 0 Å². The summed E-state index contributed by atoms with van der Waals surface area (Å²) < 4.78 is 5.25. The van der Waals surface area contributed by atoms with Gasteiger partial charge in [-0.2, -0.15) is 0 Å². The Balaban J connectivity index is 2.07. The molecule has 0 spiro atoms. The number of hydrogen-bond donors (Lipinski definition) is 0. The Bertz CT molecular complexity index is 697. The maximum atomic E-state index is 12.4. The molecule has 4 heteroatoms. The van der Waals surface area contributed by atoms with E-state index in [-0.39, 0.29) is 5.97 Å². The van der Waals surface area contributed by atoms with Crippen molar-refractivity contribution in [3.63, 3.8) is 0 Å². The van der Waals surface area contributed by atoms with E-state index >= 15 is 0 Å². The first kappa shape index (κ1) is 14.9. The third-order valence-electron chi connectivity index (χ3n) is 3.46. The lowest BCUT2D eigenvalue weighted by Crippen LogP contribution is -2.29. The first-order valence-electron chi connectivity index (χ1n) is 7.29. The minimum absolute atomic E-state index is 0.220. The number of fused-ring (bicyclic) bond motifs is 1. The van der Waals surface area contributed by atoms with Gasteiger partial charge in [0, 0.05) is 5.75 Å². The van der Waals surface area contributed by atoms with E-state index in [9.17, 15) is 4.79 Å². The van der Waals surface area contributed by atoms with Crippen molar-refractivity contribution in [2.75, 3.05) is 6.61 Å². The largest absolute Gasteiger partial charge is 0.465 e. The molecule has 22 heavy (non-hydrogen) atoms. The van der Waals surface area contributed by atoms with Crippen molar-refractivity contribution in [1.29, 1.82) is 0 Å². The smallest absolute Gasteiger partial charge is 0.325 e. The predicted molar refractivity (Wildman–Crippen MR) is 90.8 cm³/mol. The van der Waals surface area contributed by atoms with E-state index in [1.54, 1.807) is 11.8 Å². The lowest BCUT2D eigenvalue weighted by Gasteiger charge is -2.15. The van der Waals surface area contributed by atoms with Crippen LogP contribution in [0.25, 0.3) is 0 Å². The molecule has 1 atom stereocenters. The minimum atomic E-state index is -0.394. The molecule has 0 bridgehead atoms. The Labute approximate surface area is 134 Å². The summed E-state index contributed by atoms with van der Waals surface area (Å²) in [7, 11) is 0. The predicted octanol–water partition coefficient (Wildman–Crippen LogP) is 3.99. The van der Waals surface area contributed by atoms with Crippen molar-refractivity contribution in [3.8, 4) is 0 Å². The fourth-order valence-corrected chi connectivity index (χ4v) is 3.55. The van der Waals surface area contributed by atoms with E-state index in [4.69, 9.17) is 9.73 Å². The van der Waals surface area contributed by atoms with Gasteiger partial charge in [0.25, 0.3) is 0 Å². The quantitative estimate of drug-likeness (QED) is 0.805. The molecule has 3 rings (SSSR count). The van der Waals surface area contributed by atoms with Crippen LogP contribution in [-0.4, -0.2) is 23.5 Å². The van der Waals surface area contributed by atoms with Gasteiger partial charge in [-0.3, -0.25) is 9.79 Å². The molecule has 2 aromatic carbocycles. The van der Waals surface area contributed by atoms with Gasteiger partial charge in [0.15, 0.2) is 0 Å². The summed E-state index contributed by atoms with van der Waals surface area (Å²) >= 11 is 1.57. The average Bonchev–Trinajstić information content (AvgIpc) is 2.75. The lowest BCUT2D eigenvalue weighted by atomic mass is 10.1. The van der Waals surface area contributed by atoms with Crippen LogP contribution in [0.4, 0.5) is 5.69 Å². The van der Waals surface area contributed by atoms with Gasteiger partial charge in [-0.25, -0.2) is 0 Å². The number of thioether (sulfide) groups is 1. The van der Waals surface area contributed by atoms with Crippen molar-refractivity contribution < 1.29 is 9.53 Å². The number of ether oxygens (including phenoxy) is 1. The fraction of sp³-hybridized carbons (Fsp3) is 0.222. The normalized spacial score (nSPS) is 17.1. The highest BCUT2D eigenvalue weighted by molar-refractivity contribution is 8.00. The van der Waals surface area contributed by atoms with Crippen molar-refractivity contribution in [1.82, 2.24) is 0 Å². The molecular formula is C18H17NO2S. The Morgan fingerprint density at radius 3 is 2.68 bits per heavy atom. The summed E-state index contributed by atoms with van der Waals surface area (Å²) in [5.41, 5.74) is 3.81. The number of aliphatic imine (C=N–C) groups is 1. The molecule has 0 fully saturated rings. The summed E-state index contributed by atoms with van der Waals surface area (Å²) in [6, 6.07) is 17.9. The van der Waals surface area contributed by atoms with Crippen LogP contribution in [0.15, 0.2) is 59.6 Å². The van der Waals surface area contributed by atoms with Gasteiger partial charge in [0.05, 0.1) is 18.0 Å². The molecule has 1 heterocycles. The van der Waals surface area contributed by atoms with Gasteiger partial charge in [-0.15, -0.1) is 11.8 Å². The summed E-state index contributed by atoms with van der Waals surface area (Å²) in [5, 5.41) is -0.394. The molecule has 0 N–H and O–H groups in total. The zero-order chi connectivity index (χ0) is 15.4. The molecule has 0 amide bonds. The third kappa shape index (κ3) is 3.07. The topological polar surface area (TPSA) is 38.7 Å². The second-order valence-electron chi connectivity index (χ2n) is 4.93. The number of para-hydroxylation sites is 1. The van der Waals surface area contributed by atoms with E-state index in [0.717, 1.165) is 28.3 Å². The molecule has 0 saturated heterocycles. The van der Waals surface area contributed by atoms with Crippen LogP contribution in [0.1, 0.15) is 18.1 Å². The maximum absolute atomic E-state index is 12.4. The van der Waals surface area contributed by atoms with E-state index in [1.807, 2.05) is 55.5 Å². The number of carbonyl (C=O) groups excluding carboxylic acids is 1. The molecular weight excluding hydrogens is 294 g/mol. The highest BCUT2D eigenvalue weighted by Crippen LogP contribution is 2.33. The average molecular weight is 311 g/mol. The van der Waals surface area contributed by atoms with Gasteiger partial charge in [0.2, 0.25) is 0 Å². The van der Waals surface area contributed by atoms with Crippen LogP contribution in [0, 0.1) is 0 Å². The second-order valence-corrected chi connectivity index (χ2v) is 6.03. The summed E-state index contributed by atoms with van der Waals surface area (Å²) in [4.78, 5) is 17.2. The number of hydrogen-bond acceptors (Lipinski definition) is 4.